The van der Waals surface area contributed by atoms with Crippen LogP contribution in [0, 0.1) is 6.92 Å². The molecule has 1 heterocycles. The third-order valence-electron chi connectivity index (χ3n) is 4.12. The Morgan fingerprint density at radius 3 is 2.69 bits per heavy atom. The average Bonchev–Trinajstić information content (AvgIpc) is 2.67. The second-order valence-electron chi connectivity index (χ2n) is 6.28. The quantitative estimate of drug-likeness (QED) is 0.230. The summed E-state index contributed by atoms with van der Waals surface area (Å²) in [4.78, 5) is 15.8. The molecule has 0 aliphatic heterocycles. The van der Waals surface area contributed by atoms with Gasteiger partial charge in [0.15, 0.2) is 5.96 Å². The number of hydrogen-bond acceptors (Lipinski definition) is 3. The number of hydrogen-bond donors (Lipinski definition) is 2. The first-order valence-electron chi connectivity index (χ1n) is 9.14. The van der Waals surface area contributed by atoms with E-state index in [0.29, 0.717) is 31.2 Å². The zero-order chi connectivity index (χ0) is 20.4. The van der Waals surface area contributed by atoms with Gasteiger partial charge in [-0.2, -0.15) is 8.78 Å². The predicted molar refractivity (Wildman–Crippen MR) is 121 cm³/mol. The van der Waals surface area contributed by atoms with Crippen LogP contribution in [0.2, 0.25) is 0 Å². The van der Waals surface area contributed by atoms with Crippen molar-refractivity contribution in [3.63, 3.8) is 0 Å². The molecule has 0 bridgehead atoms. The number of halogens is 3. The van der Waals surface area contributed by atoms with E-state index < -0.39 is 6.61 Å². The van der Waals surface area contributed by atoms with Crippen molar-refractivity contribution in [2.75, 3.05) is 13.6 Å². The van der Waals surface area contributed by atoms with E-state index in [2.05, 4.69) is 20.4 Å². The van der Waals surface area contributed by atoms with Crippen LogP contribution in [0.15, 0.2) is 52.4 Å². The van der Waals surface area contributed by atoms with Crippen LogP contribution in [0.5, 0.6) is 5.75 Å². The first-order valence-corrected chi connectivity index (χ1v) is 9.14. The highest BCUT2D eigenvalue weighted by Gasteiger charge is 2.10. The van der Waals surface area contributed by atoms with Gasteiger partial charge < -0.3 is 19.9 Å². The van der Waals surface area contributed by atoms with Gasteiger partial charge in [-0.15, -0.1) is 24.0 Å². The van der Waals surface area contributed by atoms with Gasteiger partial charge >= 0.3 is 6.61 Å². The number of alkyl halides is 2. The summed E-state index contributed by atoms with van der Waals surface area (Å²) in [5.41, 5.74) is 1.58. The van der Waals surface area contributed by atoms with Crippen molar-refractivity contribution in [2.45, 2.75) is 39.5 Å². The van der Waals surface area contributed by atoms with Gasteiger partial charge in [0.2, 0.25) is 5.56 Å². The van der Waals surface area contributed by atoms with Crippen molar-refractivity contribution < 1.29 is 13.5 Å². The van der Waals surface area contributed by atoms with Gasteiger partial charge in [-0.05, 0) is 31.9 Å². The van der Waals surface area contributed by atoms with E-state index in [0.717, 1.165) is 18.4 Å². The van der Waals surface area contributed by atoms with E-state index in [1.165, 1.54) is 0 Å². The van der Waals surface area contributed by atoms with Gasteiger partial charge in [0.25, 0.3) is 0 Å². The van der Waals surface area contributed by atoms with E-state index in [4.69, 9.17) is 0 Å². The van der Waals surface area contributed by atoms with E-state index in [9.17, 15) is 13.6 Å². The number of nitrogens with one attached hydrogen (secondary N) is 2. The molecule has 0 saturated carbocycles. The zero-order valence-electron chi connectivity index (χ0n) is 16.5. The van der Waals surface area contributed by atoms with E-state index in [1.807, 2.05) is 13.0 Å². The number of nitrogens with zero attached hydrogens (tertiary/aromatic N) is 2. The molecule has 0 aliphatic carbocycles. The van der Waals surface area contributed by atoms with Crippen molar-refractivity contribution in [3.05, 3.63) is 64.1 Å². The number of rotatable bonds is 9. The standard InChI is InChI=1S/C20H26F2N4O2.HI/c1-15-8-9-17(28-19(21)22)16(13-15)14-25-20(23-2)24-10-4-6-12-26-11-5-3-7-18(26)27;/h3,5,7-9,11,13,19H,4,6,10,12,14H2,1-2H3,(H2,23,24,25);1H. The number of aromatic nitrogens is 1. The molecular weight excluding hydrogens is 493 g/mol. The van der Waals surface area contributed by atoms with Crippen molar-refractivity contribution in [1.82, 2.24) is 15.2 Å². The minimum absolute atomic E-state index is 0. The van der Waals surface area contributed by atoms with Gasteiger partial charge in [-0.3, -0.25) is 9.79 Å². The molecule has 29 heavy (non-hydrogen) atoms. The fourth-order valence-electron chi connectivity index (χ4n) is 2.72. The van der Waals surface area contributed by atoms with Gasteiger partial charge in [0, 0.05) is 44.5 Å². The molecule has 0 aliphatic rings. The van der Waals surface area contributed by atoms with Crippen molar-refractivity contribution in [1.29, 1.82) is 0 Å². The SMILES string of the molecule is CN=C(NCCCCn1ccccc1=O)NCc1cc(C)ccc1OC(F)F.I. The number of pyridine rings is 1. The van der Waals surface area contributed by atoms with Crippen LogP contribution in [-0.4, -0.2) is 30.7 Å². The summed E-state index contributed by atoms with van der Waals surface area (Å²) in [5, 5.41) is 6.28. The van der Waals surface area contributed by atoms with Crippen molar-refractivity contribution >= 4 is 29.9 Å². The Morgan fingerprint density at radius 1 is 1.21 bits per heavy atom. The molecule has 2 aromatic rings. The second-order valence-corrected chi connectivity index (χ2v) is 6.28. The van der Waals surface area contributed by atoms with Crippen LogP contribution in [0.25, 0.3) is 0 Å². The van der Waals surface area contributed by atoms with Crippen LogP contribution in [0.1, 0.15) is 24.0 Å². The smallest absolute Gasteiger partial charge is 0.387 e. The molecule has 0 saturated heterocycles. The van der Waals surface area contributed by atoms with Crippen LogP contribution < -0.4 is 20.9 Å². The molecule has 2 N–H and O–H groups in total. The lowest BCUT2D eigenvalue weighted by Gasteiger charge is -2.15. The second kappa shape index (κ2) is 13.1. The van der Waals surface area contributed by atoms with E-state index >= 15 is 0 Å². The van der Waals surface area contributed by atoms with E-state index in [-0.39, 0.29) is 35.3 Å². The van der Waals surface area contributed by atoms with Crippen LogP contribution in [-0.2, 0) is 13.1 Å². The Labute approximate surface area is 186 Å². The Bertz CT molecular complexity index is 843. The molecule has 2 rings (SSSR count). The van der Waals surface area contributed by atoms with Crippen LogP contribution >= 0.6 is 24.0 Å². The molecule has 1 aromatic carbocycles. The molecule has 0 radical (unpaired) electrons. The number of benzene rings is 1. The molecule has 0 amide bonds. The predicted octanol–water partition coefficient (Wildman–Crippen LogP) is 3.52. The van der Waals surface area contributed by atoms with Crippen LogP contribution in [0.3, 0.4) is 0 Å². The molecule has 6 nitrogen and oxygen atoms in total. The largest absolute Gasteiger partial charge is 0.434 e. The summed E-state index contributed by atoms with van der Waals surface area (Å²) in [6, 6.07) is 10.2. The number of unbranched alkanes of at least 4 members (excludes halogenated alkanes) is 1. The summed E-state index contributed by atoms with van der Waals surface area (Å²) < 4.78 is 31.4. The maximum atomic E-state index is 12.6. The summed E-state index contributed by atoms with van der Waals surface area (Å²) in [6.45, 7) is 0.667. The highest BCUT2D eigenvalue weighted by molar-refractivity contribution is 14.0. The van der Waals surface area contributed by atoms with Gasteiger partial charge in [-0.25, -0.2) is 0 Å². The fourth-order valence-corrected chi connectivity index (χ4v) is 2.72. The van der Waals surface area contributed by atoms with Gasteiger partial charge in [0.1, 0.15) is 5.75 Å². The lowest BCUT2D eigenvalue weighted by atomic mass is 10.1. The molecule has 0 spiro atoms. The molecule has 0 unspecified atom stereocenters. The summed E-state index contributed by atoms with van der Waals surface area (Å²) in [5.74, 6) is 0.721. The minimum Gasteiger partial charge on any atom is -0.434 e. The first-order chi connectivity index (χ1) is 13.5. The third-order valence-corrected chi connectivity index (χ3v) is 4.12. The molecule has 0 atom stereocenters. The summed E-state index contributed by atoms with van der Waals surface area (Å²) in [7, 11) is 1.64. The monoisotopic (exact) mass is 520 g/mol. The zero-order valence-corrected chi connectivity index (χ0v) is 18.9. The highest BCUT2D eigenvalue weighted by atomic mass is 127. The lowest BCUT2D eigenvalue weighted by molar-refractivity contribution is -0.0504. The lowest BCUT2D eigenvalue weighted by Crippen LogP contribution is -2.37. The van der Waals surface area contributed by atoms with Crippen molar-refractivity contribution in [2.24, 2.45) is 4.99 Å². The van der Waals surface area contributed by atoms with Crippen molar-refractivity contribution in [3.8, 4) is 5.75 Å². The average molecular weight is 520 g/mol. The third kappa shape index (κ3) is 8.80. The maximum absolute atomic E-state index is 12.6. The molecular formula is C20H27F2IN4O2. The van der Waals surface area contributed by atoms with Gasteiger partial charge in [-0.1, -0.05) is 23.8 Å². The Morgan fingerprint density at radius 2 is 2.00 bits per heavy atom. The van der Waals surface area contributed by atoms with Crippen LogP contribution in [0.4, 0.5) is 8.78 Å². The fraction of sp³-hybridized carbons (Fsp3) is 0.400. The normalized spacial score (nSPS) is 11.1. The molecule has 160 valence electrons. The molecule has 9 heteroatoms. The first kappa shape index (κ1) is 24.9. The summed E-state index contributed by atoms with van der Waals surface area (Å²) in [6.07, 6.45) is 3.47. The minimum atomic E-state index is -2.86. The maximum Gasteiger partial charge on any atom is 0.387 e. The molecule has 0 fully saturated rings. The number of aliphatic imine (C=N–C) groups is 1. The molecule has 1 aromatic heterocycles. The Hall–Kier alpha value is -2.17. The van der Waals surface area contributed by atoms with Gasteiger partial charge in [0.05, 0.1) is 0 Å². The van der Waals surface area contributed by atoms with E-state index in [1.54, 1.807) is 48.1 Å². The topological polar surface area (TPSA) is 67.7 Å². The Kier molecular flexibility index (Phi) is 11.3. The number of ether oxygens (including phenoxy) is 1. The Balaban J connectivity index is 0.00000420. The number of guanidine groups is 1. The highest BCUT2D eigenvalue weighted by Crippen LogP contribution is 2.21. The summed E-state index contributed by atoms with van der Waals surface area (Å²) >= 11 is 0. The number of aryl methyl sites for hydroxylation is 2.